The van der Waals surface area contributed by atoms with Gasteiger partial charge in [0.2, 0.25) is 10.0 Å². The predicted octanol–water partition coefficient (Wildman–Crippen LogP) is 2.21. The largest absolute Gasteiger partial charge is 0.383 e. The molecule has 4 nitrogen and oxygen atoms in total. The molecule has 0 aliphatic rings. The molecular formula is C12H17BrFNO3S. The standard InChI is InChI=1S/C12H17BrFNO3S/c1-9-7-10(14)3-4-12(9)19(16,17)15-11(5-6-13)8-18-2/h3-4,7,11,15H,5-6,8H2,1-2H3. The molecule has 0 aliphatic heterocycles. The van der Waals surface area contributed by atoms with Gasteiger partial charge in [-0.15, -0.1) is 0 Å². The van der Waals surface area contributed by atoms with E-state index in [1.807, 2.05) is 0 Å². The van der Waals surface area contributed by atoms with Gasteiger partial charge < -0.3 is 4.74 Å². The molecule has 1 N–H and O–H groups in total. The molecule has 7 heteroatoms. The maximum Gasteiger partial charge on any atom is 0.241 e. The van der Waals surface area contributed by atoms with Crippen molar-refractivity contribution in [2.24, 2.45) is 0 Å². The van der Waals surface area contributed by atoms with Gasteiger partial charge in [0.25, 0.3) is 0 Å². The van der Waals surface area contributed by atoms with E-state index in [0.717, 1.165) is 6.07 Å². The molecule has 1 atom stereocenters. The smallest absolute Gasteiger partial charge is 0.241 e. The fourth-order valence-corrected chi connectivity index (χ4v) is 3.74. The Morgan fingerprint density at radius 3 is 2.68 bits per heavy atom. The average molecular weight is 354 g/mol. The quantitative estimate of drug-likeness (QED) is 0.764. The molecule has 1 rings (SSSR count). The van der Waals surface area contributed by atoms with Crippen LogP contribution in [0.4, 0.5) is 4.39 Å². The van der Waals surface area contributed by atoms with Crippen molar-refractivity contribution in [2.75, 3.05) is 19.0 Å². The molecule has 0 saturated heterocycles. The molecule has 0 heterocycles. The Hall–Kier alpha value is -0.500. The zero-order valence-corrected chi connectivity index (χ0v) is 13.2. The average Bonchev–Trinajstić information content (AvgIpc) is 2.28. The van der Waals surface area contributed by atoms with Crippen molar-refractivity contribution in [3.05, 3.63) is 29.6 Å². The number of benzene rings is 1. The number of rotatable bonds is 7. The molecule has 0 amide bonds. The summed E-state index contributed by atoms with van der Waals surface area (Å²) in [5.41, 5.74) is 0.377. The molecule has 0 fully saturated rings. The number of hydrogen-bond acceptors (Lipinski definition) is 3. The van der Waals surface area contributed by atoms with Gasteiger partial charge >= 0.3 is 0 Å². The van der Waals surface area contributed by atoms with E-state index in [-0.39, 0.29) is 17.5 Å². The van der Waals surface area contributed by atoms with Crippen molar-refractivity contribution >= 4 is 26.0 Å². The number of sulfonamides is 1. The highest BCUT2D eigenvalue weighted by Gasteiger charge is 2.21. The van der Waals surface area contributed by atoms with Crippen molar-refractivity contribution < 1.29 is 17.5 Å². The Morgan fingerprint density at radius 1 is 1.47 bits per heavy atom. The van der Waals surface area contributed by atoms with Crippen molar-refractivity contribution in [2.45, 2.75) is 24.3 Å². The number of halogens is 2. The highest BCUT2D eigenvalue weighted by atomic mass is 79.9. The lowest BCUT2D eigenvalue weighted by Gasteiger charge is -2.17. The minimum Gasteiger partial charge on any atom is -0.383 e. The lowest BCUT2D eigenvalue weighted by molar-refractivity contribution is 0.173. The molecule has 19 heavy (non-hydrogen) atoms. The van der Waals surface area contributed by atoms with Crippen LogP contribution in [0.5, 0.6) is 0 Å². The molecular weight excluding hydrogens is 337 g/mol. The monoisotopic (exact) mass is 353 g/mol. The topological polar surface area (TPSA) is 55.4 Å². The summed E-state index contributed by atoms with van der Waals surface area (Å²) in [5, 5.41) is 0.659. The molecule has 1 aromatic rings. The van der Waals surface area contributed by atoms with Gasteiger partial charge in [0, 0.05) is 18.5 Å². The molecule has 1 unspecified atom stereocenters. The third kappa shape index (κ3) is 4.83. The van der Waals surface area contributed by atoms with Gasteiger partial charge in [0.15, 0.2) is 0 Å². The zero-order valence-electron chi connectivity index (χ0n) is 10.8. The first-order chi connectivity index (χ1) is 8.90. The van der Waals surface area contributed by atoms with Crippen LogP contribution >= 0.6 is 15.9 Å². The second kappa shape index (κ2) is 7.33. The fraction of sp³-hybridized carbons (Fsp3) is 0.500. The van der Waals surface area contributed by atoms with Gasteiger partial charge in [-0.1, -0.05) is 15.9 Å². The first kappa shape index (κ1) is 16.6. The Labute approximate surface area is 121 Å². The number of aryl methyl sites for hydroxylation is 1. The molecule has 108 valence electrons. The molecule has 1 aromatic carbocycles. The maximum absolute atomic E-state index is 13.0. The zero-order chi connectivity index (χ0) is 14.5. The first-order valence-corrected chi connectivity index (χ1v) is 8.34. The van der Waals surface area contributed by atoms with E-state index in [2.05, 4.69) is 20.7 Å². The Bertz CT molecular complexity index is 516. The maximum atomic E-state index is 13.0. The lowest BCUT2D eigenvalue weighted by Crippen LogP contribution is -2.38. The van der Waals surface area contributed by atoms with Crippen LogP contribution in [0.25, 0.3) is 0 Å². The van der Waals surface area contributed by atoms with Crippen LogP contribution < -0.4 is 4.72 Å². The van der Waals surface area contributed by atoms with Gasteiger partial charge in [-0.05, 0) is 37.1 Å². The molecule has 0 radical (unpaired) electrons. The van der Waals surface area contributed by atoms with Gasteiger partial charge in [-0.3, -0.25) is 0 Å². The summed E-state index contributed by atoms with van der Waals surface area (Å²) in [5.74, 6) is -0.453. The van der Waals surface area contributed by atoms with E-state index in [4.69, 9.17) is 4.74 Å². The summed E-state index contributed by atoms with van der Waals surface area (Å²) in [4.78, 5) is 0.0876. The summed E-state index contributed by atoms with van der Waals surface area (Å²) in [6.07, 6.45) is 0.604. The predicted molar refractivity (Wildman–Crippen MR) is 75.5 cm³/mol. The molecule has 0 saturated carbocycles. The minimum atomic E-state index is -3.67. The third-order valence-corrected chi connectivity index (χ3v) is 4.71. The summed E-state index contributed by atoms with van der Waals surface area (Å²) in [6, 6.07) is 3.28. The van der Waals surface area contributed by atoms with Crippen LogP contribution in [0.15, 0.2) is 23.1 Å². The molecule has 0 aliphatic carbocycles. The van der Waals surface area contributed by atoms with Crippen LogP contribution in [0.1, 0.15) is 12.0 Å². The van der Waals surface area contributed by atoms with E-state index in [0.29, 0.717) is 17.3 Å². The number of methoxy groups -OCH3 is 1. The van der Waals surface area contributed by atoms with Crippen LogP contribution in [0.2, 0.25) is 0 Å². The van der Waals surface area contributed by atoms with E-state index in [9.17, 15) is 12.8 Å². The third-order valence-electron chi connectivity index (χ3n) is 2.57. The molecule has 0 aromatic heterocycles. The number of ether oxygens (including phenoxy) is 1. The Morgan fingerprint density at radius 2 is 2.16 bits per heavy atom. The number of nitrogens with one attached hydrogen (secondary N) is 1. The van der Waals surface area contributed by atoms with E-state index in [1.165, 1.54) is 19.2 Å². The van der Waals surface area contributed by atoms with Crippen molar-refractivity contribution in [1.29, 1.82) is 0 Å². The number of alkyl halides is 1. The van der Waals surface area contributed by atoms with E-state index >= 15 is 0 Å². The SMILES string of the molecule is COCC(CCBr)NS(=O)(=O)c1ccc(F)cc1C. The van der Waals surface area contributed by atoms with Gasteiger partial charge in [0.05, 0.1) is 11.5 Å². The van der Waals surface area contributed by atoms with Gasteiger partial charge in [-0.2, -0.15) is 0 Å². The summed E-state index contributed by atoms with van der Waals surface area (Å²) < 4.78 is 45.0. The second-order valence-corrected chi connectivity index (χ2v) is 6.64. The van der Waals surface area contributed by atoms with Crippen molar-refractivity contribution in [3.63, 3.8) is 0 Å². The normalized spacial score (nSPS) is 13.5. The first-order valence-electron chi connectivity index (χ1n) is 5.74. The summed E-state index contributed by atoms with van der Waals surface area (Å²) >= 11 is 3.27. The Kier molecular flexibility index (Phi) is 6.38. The summed E-state index contributed by atoms with van der Waals surface area (Å²) in [7, 11) is -2.16. The lowest BCUT2D eigenvalue weighted by atomic mass is 10.2. The van der Waals surface area contributed by atoms with E-state index < -0.39 is 15.8 Å². The second-order valence-electron chi connectivity index (χ2n) is 4.16. The van der Waals surface area contributed by atoms with Crippen LogP contribution in [0.3, 0.4) is 0 Å². The highest BCUT2D eigenvalue weighted by Crippen LogP contribution is 2.17. The van der Waals surface area contributed by atoms with Gasteiger partial charge in [0.1, 0.15) is 5.82 Å². The van der Waals surface area contributed by atoms with Crippen molar-refractivity contribution in [3.8, 4) is 0 Å². The van der Waals surface area contributed by atoms with Crippen LogP contribution in [-0.4, -0.2) is 33.5 Å². The van der Waals surface area contributed by atoms with E-state index in [1.54, 1.807) is 6.92 Å². The Balaban J connectivity index is 2.96. The van der Waals surface area contributed by atoms with Crippen LogP contribution in [0, 0.1) is 12.7 Å². The fourth-order valence-electron chi connectivity index (χ4n) is 1.71. The minimum absolute atomic E-state index is 0.0876. The van der Waals surface area contributed by atoms with Crippen molar-refractivity contribution in [1.82, 2.24) is 4.72 Å². The summed E-state index contributed by atoms with van der Waals surface area (Å²) in [6.45, 7) is 1.85. The highest BCUT2D eigenvalue weighted by molar-refractivity contribution is 9.09. The van der Waals surface area contributed by atoms with Gasteiger partial charge in [-0.25, -0.2) is 17.5 Å². The molecule has 0 spiro atoms. The molecule has 0 bridgehead atoms. The number of hydrogen-bond donors (Lipinski definition) is 1. The van der Waals surface area contributed by atoms with Crippen LogP contribution in [-0.2, 0) is 14.8 Å².